The number of aromatic nitrogens is 6. The molecule has 0 aliphatic carbocycles. The highest BCUT2D eigenvalue weighted by Crippen LogP contribution is 2.52. The summed E-state index contributed by atoms with van der Waals surface area (Å²) in [7, 11) is -3.05. The third-order valence-corrected chi connectivity index (χ3v) is 13.8. The maximum absolute atomic E-state index is 14.9. The van der Waals surface area contributed by atoms with Gasteiger partial charge in [0.1, 0.15) is 48.5 Å². The van der Waals surface area contributed by atoms with Gasteiger partial charge in [0, 0.05) is 20.1 Å². The first-order valence-electron chi connectivity index (χ1n) is 25.2. The molecule has 0 saturated heterocycles. The Morgan fingerprint density at radius 1 is 0.859 bits per heavy atom. The van der Waals surface area contributed by atoms with Crippen LogP contribution in [0.5, 0.6) is 5.75 Å². The number of aliphatic hydroxyl groups is 1. The average molecular weight is 1020 g/mol. The summed E-state index contributed by atoms with van der Waals surface area (Å²) in [4.78, 5) is 8.12. The van der Waals surface area contributed by atoms with Crippen molar-refractivity contribution < 1.29 is 42.2 Å². The molecule has 0 fully saturated rings. The van der Waals surface area contributed by atoms with Gasteiger partial charge in [-0.05, 0) is 69.2 Å². The van der Waals surface area contributed by atoms with Crippen molar-refractivity contribution in [1.29, 1.82) is 5.26 Å². The van der Waals surface area contributed by atoms with Crippen LogP contribution in [0.1, 0.15) is 160 Å². The number of nitrogens with two attached hydrogens (primary N) is 1. The zero-order valence-corrected chi connectivity index (χ0v) is 44.0. The molecule has 0 aliphatic rings. The van der Waals surface area contributed by atoms with E-state index in [0.717, 1.165) is 24.8 Å². The molecule has 2 aromatic carbocycles. The molecular formula is C52H76ClN8O9P. The van der Waals surface area contributed by atoms with Crippen LogP contribution in [0, 0.1) is 11.3 Å². The summed E-state index contributed by atoms with van der Waals surface area (Å²) in [5.41, 5.74) is 7.73. The van der Waals surface area contributed by atoms with E-state index in [4.69, 9.17) is 49.9 Å². The van der Waals surface area contributed by atoms with E-state index >= 15 is 0 Å². The Morgan fingerprint density at radius 3 is 2.15 bits per heavy atom. The standard InChI is InChI=1S/C52H76ClN8O9P/c1-6-7-8-9-10-11-12-13-14-15-16-17-18-19-20-23-30-65-35-43(66-34-41-26-27-42(33-54)47(31-41)60-40-56-38-58-60)36-67-71(63,70-48-25-22-21-24-44(48)53)68-37-52(4,64-5)32-49(69-51(2,3)62)45-28-29-46-50(55)57-39-59-61(45)46/h21-22,24-29,31,38-40,43,49,62H,6-20,23,30,32,34-37H2,1-5H3,(H2,55,57,59)/t43-,49-,52+,71?/m1/s1. The number of nitriles is 1. The van der Waals surface area contributed by atoms with Gasteiger partial charge in [0.25, 0.3) is 0 Å². The minimum Gasteiger partial charge on any atom is -0.402 e. The second kappa shape index (κ2) is 29.9. The van der Waals surface area contributed by atoms with Crippen LogP contribution in [-0.4, -0.2) is 85.5 Å². The summed E-state index contributed by atoms with van der Waals surface area (Å²) in [5, 5.41) is 29.4. The van der Waals surface area contributed by atoms with Crippen molar-refractivity contribution in [3.8, 4) is 17.5 Å². The molecule has 0 spiro atoms. The second-order valence-electron chi connectivity index (χ2n) is 18.8. The number of nitrogens with zero attached hydrogens (tertiary/aromatic N) is 7. The zero-order chi connectivity index (χ0) is 51.0. The fourth-order valence-electron chi connectivity index (χ4n) is 8.09. The summed E-state index contributed by atoms with van der Waals surface area (Å²) in [6.45, 7) is 7.16. The number of hydrogen-bond donors (Lipinski definition) is 2. The van der Waals surface area contributed by atoms with E-state index in [0.29, 0.717) is 29.1 Å². The number of rotatable bonds is 37. The number of phosphoric ester groups is 1. The molecule has 3 N–H and O–H groups in total. The van der Waals surface area contributed by atoms with E-state index in [1.807, 2.05) is 0 Å². The van der Waals surface area contributed by atoms with Crippen molar-refractivity contribution in [3.63, 3.8) is 0 Å². The maximum atomic E-state index is 14.9. The molecule has 0 bridgehead atoms. The van der Waals surface area contributed by atoms with Gasteiger partial charge in [0.15, 0.2) is 11.6 Å². The number of hydrogen-bond acceptors (Lipinski definition) is 15. The lowest BCUT2D eigenvalue weighted by Crippen LogP contribution is -2.38. The number of benzene rings is 2. The lowest BCUT2D eigenvalue weighted by molar-refractivity contribution is -0.221. The van der Waals surface area contributed by atoms with Crippen molar-refractivity contribution in [2.45, 2.75) is 167 Å². The highest BCUT2D eigenvalue weighted by Gasteiger charge is 2.39. The number of phosphoric acid groups is 1. The number of anilines is 1. The van der Waals surface area contributed by atoms with E-state index in [9.17, 15) is 14.9 Å². The number of unbranched alkanes of at least 4 members (excludes halogenated alkanes) is 15. The predicted octanol–water partition coefficient (Wildman–Crippen LogP) is 12.1. The third kappa shape index (κ3) is 19.8. The molecular weight excluding hydrogens is 947 g/mol. The molecule has 5 rings (SSSR count). The van der Waals surface area contributed by atoms with Crippen LogP contribution >= 0.6 is 19.4 Å². The first-order chi connectivity index (χ1) is 34.2. The largest absolute Gasteiger partial charge is 0.530 e. The number of halogens is 1. The van der Waals surface area contributed by atoms with Crippen LogP contribution in [0.2, 0.25) is 5.02 Å². The Labute approximate surface area is 425 Å². The Kier molecular flexibility index (Phi) is 24.2. The van der Waals surface area contributed by atoms with Gasteiger partial charge in [-0.25, -0.2) is 23.7 Å². The Hall–Kier alpha value is -4.47. The molecule has 0 aliphatic heterocycles. The summed E-state index contributed by atoms with van der Waals surface area (Å²) >= 11 is 6.52. The molecule has 390 valence electrons. The first kappa shape index (κ1) is 57.4. The monoisotopic (exact) mass is 1020 g/mol. The maximum Gasteiger partial charge on any atom is 0.530 e. The van der Waals surface area contributed by atoms with Gasteiger partial charge < -0.3 is 34.3 Å². The van der Waals surface area contributed by atoms with E-state index < -0.39 is 31.4 Å². The van der Waals surface area contributed by atoms with Crippen molar-refractivity contribution in [3.05, 3.63) is 95.4 Å². The van der Waals surface area contributed by atoms with Gasteiger partial charge in [-0.2, -0.15) is 15.5 Å². The summed E-state index contributed by atoms with van der Waals surface area (Å²) in [6, 6.07) is 17.6. The molecule has 71 heavy (non-hydrogen) atoms. The van der Waals surface area contributed by atoms with Crippen LogP contribution in [0.4, 0.5) is 5.82 Å². The van der Waals surface area contributed by atoms with E-state index in [1.165, 1.54) is 128 Å². The SMILES string of the molecule is CCCCCCCCCCCCCCCCCCOC[C@H](COP(=O)(OC[C@](C)(C[C@@H](OC(C)(C)O)c1ccc2c(N)ncnn12)OC)Oc1ccccc1Cl)OCc1ccc(C#N)c(-n2cncn2)c1. The fourth-order valence-corrected chi connectivity index (χ4v) is 9.68. The number of nitrogen functional groups attached to an aromatic ring is 1. The van der Waals surface area contributed by atoms with Gasteiger partial charge in [-0.3, -0.25) is 9.05 Å². The molecule has 0 saturated carbocycles. The molecule has 0 radical (unpaired) electrons. The molecule has 4 atom stereocenters. The molecule has 19 heteroatoms. The second-order valence-corrected chi connectivity index (χ2v) is 20.8. The minimum absolute atomic E-state index is 0.0761. The third-order valence-electron chi connectivity index (χ3n) is 12.2. The highest BCUT2D eigenvalue weighted by atomic mass is 35.5. The highest BCUT2D eigenvalue weighted by molar-refractivity contribution is 7.49. The van der Waals surface area contributed by atoms with Crippen molar-refractivity contribution >= 4 is 30.8 Å². The number of methoxy groups -OCH3 is 1. The van der Waals surface area contributed by atoms with Crippen LogP contribution in [0.3, 0.4) is 0 Å². The van der Waals surface area contributed by atoms with Crippen LogP contribution in [0.25, 0.3) is 11.2 Å². The zero-order valence-electron chi connectivity index (χ0n) is 42.4. The Balaban J connectivity index is 1.23. The normalized spacial score (nSPS) is 14.5. The molecule has 0 amide bonds. The van der Waals surface area contributed by atoms with Gasteiger partial charge in [-0.1, -0.05) is 133 Å². The molecule has 1 unspecified atom stereocenters. The van der Waals surface area contributed by atoms with Gasteiger partial charge in [-0.15, -0.1) is 0 Å². The smallest absolute Gasteiger partial charge is 0.402 e. The van der Waals surface area contributed by atoms with Crippen LogP contribution < -0.4 is 10.3 Å². The molecule has 3 heterocycles. The predicted molar refractivity (Wildman–Crippen MR) is 274 cm³/mol. The van der Waals surface area contributed by atoms with Crippen LogP contribution in [-0.2, 0) is 39.2 Å². The first-order valence-corrected chi connectivity index (χ1v) is 27.0. The topological polar surface area (TPSA) is 213 Å². The number of ether oxygens (including phenoxy) is 4. The molecule has 17 nitrogen and oxygen atoms in total. The summed E-state index contributed by atoms with van der Waals surface area (Å²) < 4.78 is 61.0. The van der Waals surface area contributed by atoms with E-state index in [1.54, 1.807) is 66.0 Å². The number of fused-ring (bicyclic) bond motifs is 1. The lowest BCUT2D eigenvalue weighted by atomic mass is 9.97. The average Bonchev–Trinajstić information content (AvgIpc) is 4.06. The number of para-hydroxylation sites is 1. The van der Waals surface area contributed by atoms with E-state index in [-0.39, 0.29) is 49.4 Å². The lowest BCUT2D eigenvalue weighted by Gasteiger charge is -2.35. The van der Waals surface area contributed by atoms with Gasteiger partial charge in [0.05, 0.1) is 54.0 Å². The quantitative estimate of drug-likeness (QED) is 0.0215. The Bertz CT molecular complexity index is 2390. The van der Waals surface area contributed by atoms with Crippen molar-refractivity contribution in [1.82, 2.24) is 29.4 Å². The van der Waals surface area contributed by atoms with E-state index in [2.05, 4.69) is 33.2 Å². The molecule has 5 aromatic rings. The minimum atomic E-state index is -4.53. The van der Waals surface area contributed by atoms with Gasteiger partial charge >= 0.3 is 7.82 Å². The van der Waals surface area contributed by atoms with Crippen LogP contribution in [0.15, 0.2) is 73.6 Å². The fraction of sp³-hybridized carbons (Fsp3) is 0.596. The Morgan fingerprint density at radius 2 is 1.54 bits per heavy atom. The summed E-state index contributed by atoms with van der Waals surface area (Å²) in [6.07, 6.45) is 23.1. The summed E-state index contributed by atoms with van der Waals surface area (Å²) in [5.74, 6) is -1.23. The van der Waals surface area contributed by atoms with Crippen molar-refractivity contribution in [2.75, 3.05) is 39.3 Å². The van der Waals surface area contributed by atoms with Crippen molar-refractivity contribution in [2.24, 2.45) is 0 Å². The molecule has 3 aromatic heterocycles. The van der Waals surface area contributed by atoms with Gasteiger partial charge in [0.2, 0.25) is 0 Å².